The molecule has 0 saturated heterocycles. The number of carbonyl (C=O) groups is 2. The Morgan fingerprint density at radius 2 is 1.91 bits per heavy atom. The molecule has 0 aliphatic rings. The number of aryl methyl sites for hydroxylation is 2. The highest BCUT2D eigenvalue weighted by Crippen LogP contribution is 2.18. The van der Waals surface area contributed by atoms with Crippen LogP contribution in [-0.4, -0.2) is 31.6 Å². The fourth-order valence-corrected chi connectivity index (χ4v) is 2.02. The molecule has 0 aliphatic carbocycles. The summed E-state index contributed by atoms with van der Waals surface area (Å²) >= 11 is 0. The molecule has 122 valence electrons. The molecule has 0 fully saturated rings. The molecule has 6 nitrogen and oxygen atoms in total. The molecule has 0 unspecified atom stereocenters. The number of urea groups is 1. The number of carbonyl (C=O) groups excluding carboxylic acids is 2. The second-order valence-corrected chi connectivity index (χ2v) is 5.22. The number of unbranched alkanes of at least 4 members (excludes halogenated alkanes) is 1. The first kappa shape index (κ1) is 17.8. The van der Waals surface area contributed by atoms with Gasteiger partial charge in [0.1, 0.15) is 12.4 Å². The molecule has 0 radical (unpaired) electrons. The Balaban J connectivity index is 2.08. The molecule has 6 heteroatoms. The topological polar surface area (TPSA) is 93.4 Å². The number of ether oxygens (including phenoxy) is 1. The molecule has 1 aromatic rings. The molecule has 0 atom stereocenters. The molecular weight excluding hydrogens is 282 g/mol. The summed E-state index contributed by atoms with van der Waals surface area (Å²) in [6.45, 7) is 5.46. The van der Waals surface area contributed by atoms with Gasteiger partial charge in [0, 0.05) is 13.0 Å². The predicted octanol–water partition coefficient (Wildman–Crippen LogP) is 1.64. The third-order valence-corrected chi connectivity index (χ3v) is 3.14. The van der Waals surface area contributed by atoms with Gasteiger partial charge < -0.3 is 21.1 Å². The van der Waals surface area contributed by atoms with Crippen molar-refractivity contribution in [1.29, 1.82) is 0 Å². The minimum atomic E-state index is -0.534. The Kier molecular flexibility index (Phi) is 7.81. The number of rotatable bonds is 9. The lowest BCUT2D eigenvalue weighted by Gasteiger charge is -2.10. The summed E-state index contributed by atoms with van der Waals surface area (Å²) in [6.07, 6.45) is 1.88. The van der Waals surface area contributed by atoms with Gasteiger partial charge in [-0.3, -0.25) is 4.79 Å². The van der Waals surface area contributed by atoms with E-state index in [9.17, 15) is 9.59 Å². The first-order valence-electron chi connectivity index (χ1n) is 7.49. The molecule has 0 spiro atoms. The van der Waals surface area contributed by atoms with E-state index in [0.29, 0.717) is 32.5 Å². The standard InChI is InChI=1S/C16H25N3O3/c1-12-6-7-14(13(2)11-12)22-10-9-18-15(20)5-3-4-8-19-16(17)21/h6-7,11H,3-5,8-10H2,1-2H3,(H,18,20)(H3,17,19,21). The van der Waals surface area contributed by atoms with Crippen LogP contribution in [0.25, 0.3) is 0 Å². The average molecular weight is 307 g/mol. The van der Waals surface area contributed by atoms with Crippen LogP contribution in [0.2, 0.25) is 0 Å². The summed E-state index contributed by atoms with van der Waals surface area (Å²) in [6, 6.07) is 5.47. The Labute approximate surface area is 131 Å². The van der Waals surface area contributed by atoms with Crippen molar-refractivity contribution in [2.75, 3.05) is 19.7 Å². The van der Waals surface area contributed by atoms with Crippen LogP contribution < -0.4 is 21.1 Å². The van der Waals surface area contributed by atoms with Crippen LogP contribution in [0.15, 0.2) is 18.2 Å². The van der Waals surface area contributed by atoms with Crippen molar-refractivity contribution in [3.8, 4) is 5.75 Å². The molecule has 0 aromatic heterocycles. The summed E-state index contributed by atoms with van der Waals surface area (Å²) in [4.78, 5) is 22.0. The zero-order valence-electron chi connectivity index (χ0n) is 13.3. The van der Waals surface area contributed by atoms with Gasteiger partial charge in [0.25, 0.3) is 0 Å². The van der Waals surface area contributed by atoms with Gasteiger partial charge in [0.15, 0.2) is 0 Å². The van der Waals surface area contributed by atoms with Gasteiger partial charge in [-0.05, 0) is 38.3 Å². The third-order valence-electron chi connectivity index (χ3n) is 3.14. The van der Waals surface area contributed by atoms with Crippen molar-refractivity contribution in [2.45, 2.75) is 33.1 Å². The molecule has 0 heterocycles. The summed E-state index contributed by atoms with van der Waals surface area (Å²) in [5.74, 6) is 0.834. The molecule has 0 bridgehead atoms. The van der Waals surface area contributed by atoms with Crippen molar-refractivity contribution in [3.05, 3.63) is 29.3 Å². The normalized spacial score (nSPS) is 10.1. The highest BCUT2D eigenvalue weighted by Gasteiger charge is 2.02. The lowest BCUT2D eigenvalue weighted by atomic mass is 10.1. The molecule has 4 N–H and O–H groups in total. The van der Waals surface area contributed by atoms with E-state index in [2.05, 4.69) is 16.7 Å². The fourth-order valence-electron chi connectivity index (χ4n) is 2.02. The van der Waals surface area contributed by atoms with Crippen molar-refractivity contribution >= 4 is 11.9 Å². The van der Waals surface area contributed by atoms with Gasteiger partial charge in [-0.25, -0.2) is 4.79 Å². The number of nitrogens with two attached hydrogens (primary N) is 1. The Morgan fingerprint density at radius 3 is 2.59 bits per heavy atom. The minimum Gasteiger partial charge on any atom is -0.491 e. The summed E-state index contributed by atoms with van der Waals surface area (Å²) in [7, 11) is 0. The maximum absolute atomic E-state index is 11.6. The van der Waals surface area contributed by atoms with E-state index < -0.39 is 6.03 Å². The Hall–Kier alpha value is -2.24. The quantitative estimate of drug-likeness (QED) is 0.605. The monoisotopic (exact) mass is 307 g/mol. The largest absolute Gasteiger partial charge is 0.491 e. The number of nitrogens with one attached hydrogen (secondary N) is 2. The third kappa shape index (κ3) is 7.52. The maximum Gasteiger partial charge on any atom is 0.312 e. The number of benzene rings is 1. The number of primary amides is 1. The van der Waals surface area contributed by atoms with Crippen LogP contribution in [0.3, 0.4) is 0 Å². The van der Waals surface area contributed by atoms with Gasteiger partial charge in [-0.15, -0.1) is 0 Å². The highest BCUT2D eigenvalue weighted by molar-refractivity contribution is 5.75. The Morgan fingerprint density at radius 1 is 1.14 bits per heavy atom. The van der Waals surface area contributed by atoms with Gasteiger partial charge >= 0.3 is 6.03 Å². The zero-order chi connectivity index (χ0) is 16.4. The highest BCUT2D eigenvalue weighted by atomic mass is 16.5. The van der Waals surface area contributed by atoms with E-state index in [4.69, 9.17) is 10.5 Å². The fraction of sp³-hybridized carbons (Fsp3) is 0.500. The number of hydrogen-bond donors (Lipinski definition) is 3. The predicted molar refractivity (Wildman–Crippen MR) is 85.9 cm³/mol. The van der Waals surface area contributed by atoms with Crippen LogP contribution in [-0.2, 0) is 4.79 Å². The van der Waals surface area contributed by atoms with Gasteiger partial charge in [0.05, 0.1) is 6.54 Å². The zero-order valence-corrected chi connectivity index (χ0v) is 13.3. The van der Waals surface area contributed by atoms with Gasteiger partial charge in [0.2, 0.25) is 5.91 Å². The number of amides is 3. The minimum absolute atomic E-state index is 0.0108. The maximum atomic E-state index is 11.6. The molecule has 0 saturated carbocycles. The van der Waals surface area contributed by atoms with Crippen LogP contribution in [0.5, 0.6) is 5.75 Å². The summed E-state index contributed by atoms with van der Waals surface area (Å²) in [5, 5.41) is 5.29. The average Bonchev–Trinajstić information content (AvgIpc) is 2.44. The molecule has 1 rings (SSSR count). The number of hydrogen-bond acceptors (Lipinski definition) is 3. The summed E-state index contributed by atoms with van der Waals surface area (Å²) < 4.78 is 5.64. The smallest absolute Gasteiger partial charge is 0.312 e. The lowest BCUT2D eigenvalue weighted by Crippen LogP contribution is -2.30. The molecule has 1 aromatic carbocycles. The van der Waals surface area contributed by atoms with Gasteiger partial charge in [-0.2, -0.15) is 0 Å². The lowest BCUT2D eigenvalue weighted by molar-refractivity contribution is -0.121. The van der Waals surface area contributed by atoms with Crippen molar-refractivity contribution in [1.82, 2.24) is 10.6 Å². The van der Waals surface area contributed by atoms with Crippen LogP contribution in [0.1, 0.15) is 30.4 Å². The molecule has 3 amide bonds. The van der Waals surface area contributed by atoms with Crippen LogP contribution in [0.4, 0.5) is 4.79 Å². The van der Waals surface area contributed by atoms with Crippen molar-refractivity contribution in [2.24, 2.45) is 5.73 Å². The first-order valence-corrected chi connectivity index (χ1v) is 7.49. The Bertz CT molecular complexity index is 503. The van der Waals surface area contributed by atoms with E-state index >= 15 is 0 Å². The van der Waals surface area contributed by atoms with Gasteiger partial charge in [-0.1, -0.05) is 17.7 Å². The first-order chi connectivity index (χ1) is 10.5. The van der Waals surface area contributed by atoms with Crippen molar-refractivity contribution in [3.63, 3.8) is 0 Å². The van der Waals surface area contributed by atoms with E-state index in [1.165, 1.54) is 5.56 Å². The van der Waals surface area contributed by atoms with E-state index in [1.54, 1.807) is 0 Å². The SMILES string of the molecule is Cc1ccc(OCCNC(=O)CCCCNC(N)=O)c(C)c1. The van der Waals surface area contributed by atoms with E-state index in [1.807, 2.05) is 26.0 Å². The summed E-state index contributed by atoms with van der Waals surface area (Å²) in [5.41, 5.74) is 7.23. The van der Waals surface area contributed by atoms with Crippen LogP contribution >= 0.6 is 0 Å². The molecule has 22 heavy (non-hydrogen) atoms. The second-order valence-electron chi connectivity index (χ2n) is 5.22. The van der Waals surface area contributed by atoms with E-state index in [-0.39, 0.29) is 5.91 Å². The molecule has 0 aliphatic heterocycles. The molecular formula is C16H25N3O3. The van der Waals surface area contributed by atoms with E-state index in [0.717, 1.165) is 17.7 Å². The van der Waals surface area contributed by atoms with Crippen molar-refractivity contribution < 1.29 is 14.3 Å². The second kappa shape index (κ2) is 9.65. The van der Waals surface area contributed by atoms with Crippen LogP contribution in [0, 0.1) is 13.8 Å².